The monoisotopic (exact) mass is 478 g/mol. The van der Waals surface area contributed by atoms with Crippen LogP contribution in [0.1, 0.15) is 22.9 Å². The Morgan fingerprint density at radius 3 is 2.39 bits per heavy atom. The van der Waals surface area contributed by atoms with Gasteiger partial charge >= 0.3 is 5.69 Å². The number of nitrogens with one attached hydrogen (secondary N) is 1. The van der Waals surface area contributed by atoms with Crippen LogP contribution in [0, 0.1) is 6.92 Å². The minimum absolute atomic E-state index is 0.313. The molecule has 0 unspecified atom stereocenters. The molecule has 36 heavy (non-hydrogen) atoms. The van der Waals surface area contributed by atoms with E-state index in [0.29, 0.717) is 10.9 Å². The molecule has 1 aliphatic heterocycles. The van der Waals surface area contributed by atoms with Gasteiger partial charge in [-0.05, 0) is 42.3 Å². The molecule has 1 N–H and O–H groups in total. The van der Waals surface area contributed by atoms with Gasteiger partial charge in [-0.1, -0.05) is 54.1 Å². The van der Waals surface area contributed by atoms with Crippen molar-refractivity contribution in [2.45, 2.75) is 13.0 Å². The largest absolute Gasteiger partial charge is 0.497 e. The van der Waals surface area contributed by atoms with E-state index in [1.54, 1.807) is 18.7 Å². The van der Waals surface area contributed by atoms with E-state index < -0.39 is 0 Å². The van der Waals surface area contributed by atoms with Crippen LogP contribution in [0.4, 0.5) is 5.69 Å². The first-order valence-electron chi connectivity index (χ1n) is 11.8. The van der Waals surface area contributed by atoms with Gasteiger partial charge < -0.3 is 14.6 Å². The molecule has 0 spiro atoms. The Morgan fingerprint density at radius 1 is 0.889 bits per heavy atom. The molecule has 2 aromatic heterocycles. The summed E-state index contributed by atoms with van der Waals surface area (Å²) in [4.78, 5) is 26.9. The van der Waals surface area contributed by atoms with E-state index in [4.69, 9.17) is 4.74 Å². The summed E-state index contributed by atoms with van der Waals surface area (Å²) in [5.41, 5.74) is 6.43. The lowest BCUT2D eigenvalue weighted by Gasteiger charge is -2.31. The van der Waals surface area contributed by atoms with Crippen molar-refractivity contribution in [1.82, 2.24) is 13.7 Å². The van der Waals surface area contributed by atoms with Gasteiger partial charge in [-0.25, -0.2) is 4.79 Å². The zero-order valence-corrected chi connectivity index (χ0v) is 20.6. The minimum atomic E-state index is -0.361. The summed E-state index contributed by atoms with van der Waals surface area (Å²) in [5.74, 6) is 0.735. The molecule has 0 saturated heterocycles. The predicted octanol–water partition coefficient (Wildman–Crippen LogP) is 4.53. The number of benzene rings is 3. The van der Waals surface area contributed by atoms with E-state index in [0.717, 1.165) is 45.2 Å². The number of hydrogen-bond donors (Lipinski definition) is 1. The van der Waals surface area contributed by atoms with Crippen LogP contribution in [0.2, 0.25) is 0 Å². The lowest BCUT2D eigenvalue weighted by Crippen LogP contribution is -2.37. The van der Waals surface area contributed by atoms with Crippen LogP contribution in [-0.4, -0.2) is 20.8 Å². The number of anilines is 1. The molecule has 0 radical (unpaired) electrons. The third kappa shape index (κ3) is 3.05. The second-order valence-electron chi connectivity index (χ2n) is 9.24. The predicted molar refractivity (Wildman–Crippen MR) is 142 cm³/mol. The SMILES string of the molecule is COc1cccc([C@H]2Nc3ccccc3-n3c(-c4ccc(C)cc4)c4c(=O)n(C)c(=O)n(C)c4c32)c1. The van der Waals surface area contributed by atoms with Gasteiger partial charge in [0.2, 0.25) is 0 Å². The topological polar surface area (TPSA) is 70.2 Å². The van der Waals surface area contributed by atoms with Crippen molar-refractivity contribution in [1.29, 1.82) is 0 Å². The Balaban J connectivity index is 1.84. The van der Waals surface area contributed by atoms with Gasteiger partial charge in [0, 0.05) is 14.1 Å². The first-order chi connectivity index (χ1) is 17.4. The Morgan fingerprint density at radius 2 is 1.64 bits per heavy atom. The molecule has 3 aromatic carbocycles. The van der Waals surface area contributed by atoms with E-state index in [1.807, 2.05) is 79.7 Å². The van der Waals surface area contributed by atoms with Crippen LogP contribution in [0.15, 0.2) is 82.4 Å². The summed E-state index contributed by atoms with van der Waals surface area (Å²) in [6.45, 7) is 2.04. The Bertz CT molecular complexity index is 1770. The van der Waals surface area contributed by atoms with Crippen molar-refractivity contribution in [2.75, 3.05) is 12.4 Å². The molecular formula is C29H26N4O3. The van der Waals surface area contributed by atoms with Crippen molar-refractivity contribution in [3.05, 3.63) is 110 Å². The number of nitrogens with zero attached hydrogens (tertiary/aromatic N) is 3. The minimum Gasteiger partial charge on any atom is -0.497 e. The van der Waals surface area contributed by atoms with Crippen LogP contribution in [0.25, 0.3) is 27.8 Å². The number of aryl methyl sites for hydroxylation is 2. The number of fused-ring (bicyclic) bond motifs is 5. The summed E-state index contributed by atoms with van der Waals surface area (Å²) in [6.07, 6.45) is 0. The maximum atomic E-state index is 13.7. The van der Waals surface area contributed by atoms with Gasteiger partial charge in [0.05, 0.1) is 46.8 Å². The number of ether oxygens (including phenoxy) is 1. The standard InChI is InChI=1S/C29H26N4O3/c1-17-12-14-18(15-13-17)25-23-26(31(2)29(35)32(3)28(23)34)27-24(19-8-7-9-20(16-19)36-4)30-21-10-5-6-11-22(21)33(25)27/h5-16,24,30H,1-4H3/t24-/m1/s1. The normalized spacial score (nSPS) is 14.3. The van der Waals surface area contributed by atoms with Crippen molar-refractivity contribution < 1.29 is 4.74 Å². The van der Waals surface area contributed by atoms with Crippen molar-refractivity contribution in [2.24, 2.45) is 14.1 Å². The highest BCUT2D eigenvalue weighted by atomic mass is 16.5. The van der Waals surface area contributed by atoms with Crippen LogP contribution in [-0.2, 0) is 14.1 Å². The van der Waals surface area contributed by atoms with Gasteiger partial charge in [0.25, 0.3) is 5.56 Å². The second kappa shape index (κ2) is 8.02. The summed E-state index contributed by atoms with van der Waals surface area (Å²) in [5, 5.41) is 4.19. The number of para-hydroxylation sites is 2. The Hall–Kier alpha value is -4.52. The number of hydrogen-bond acceptors (Lipinski definition) is 4. The lowest BCUT2D eigenvalue weighted by atomic mass is 9.99. The molecule has 0 bridgehead atoms. The van der Waals surface area contributed by atoms with E-state index in [9.17, 15) is 9.59 Å². The van der Waals surface area contributed by atoms with E-state index in [-0.39, 0.29) is 17.3 Å². The van der Waals surface area contributed by atoms with E-state index in [2.05, 4.69) is 9.88 Å². The first-order valence-corrected chi connectivity index (χ1v) is 11.8. The lowest BCUT2D eigenvalue weighted by molar-refractivity contribution is 0.414. The van der Waals surface area contributed by atoms with E-state index in [1.165, 1.54) is 11.6 Å². The summed E-state index contributed by atoms with van der Waals surface area (Å²) in [6, 6.07) is 23.7. The van der Waals surface area contributed by atoms with Crippen molar-refractivity contribution in [3.63, 3.8) is 0 Å². The fourth-order valence-electron chi connectivity index (χ4n) is 5.27. The highest BCUT2D eigenvalue weighted by Gasteiger charge is 2.34. The van der Waals surface area contributed by atoms with Gasteiger partial charge in [-0.2, -0.15) is 0 Å². The molecule has 0 fully saturated rings. The summed E-state index contributed by atoms with van der Waals surface area (Å²) < 4.78 is 10.4. The van der Waals surface area contributed by atoms with Gasteiger partial charge in [0.15, 0.2) is 0 Å². The van der Waals surface area contributed by atoms with Crippen molar-refractivity contribution >= 4 is 16.6 Å². The first kappa shape index (κ1) is 22.0. The van der Waals surface area contributed by atoms with Crippen molar-refractivity contribution in [3.8, 4) is 22.7 Å². The second-order valence-corrected chi connectivity index (χ2v) is 9.24. The van der Waals surface area contributed by atoms with Crippen LogP contribution in [0.5, 0.6) is 5.75 Å². The summed E-state index contributed by atoms with van der Waals surface area (Å²) >= 11 is 0. The molecule has 1 atom stereocenters. The number of rotatable bonds is 3. The highest BCUT2D eigenvalue weighted by Crippen LogP contribution is 2.45. The average Bonchev–Trinajstić information content (AvgIpc) is 3.27. The van der Waals surface area contributed by atoms with Gasteiger partial charge in [-0.15, -0.1) is 0 Å². The zero-order valence-electron chi connectivity index (χ0n) is 20.6. The molecule has 7 nitrogen and oxygen atoms in total. The molecule has 0 aliphatic carbocycles. The average molecular weight is 479 g/mol. The smallest absolute Gasteiger partial charge is 0.331 e. The summed E-state index contributed by atoms with van der Waals surface area (Å²) in [7, 11) is 4.90. The molecule has 5 aromatic rings. The fourth-order valence-corrected chi connectivity index (χ4v) is 5.27. The van der Waals surface area contributed by atoms with Crippen LogP contribution < -0.4 is 21.3 Å². The molecule has 0 amide bonds. The molecule has 7 heteroatoms. The van der Waals surface area contributed by atoms with E-state index >= 15 is 0 Å². The fraction of sp³-hybridized carbons (Fsp3) is 0.172. The molecule has 0 saturated carbocycles. The van der Waals surface area contributed by atoms with Crippen LogP contribution in [0.3, 0.4) is 0 Å². The number of aromatic nitrogens is 3. The molecular weight excluding hydrogens is 452 g/mol. The Kier molecular flexibility index (Phi) is 4.89. The zero-order chi connectivity index (χ0) is 25.1. The molecule has 1 aliphatic rings. The quantitative estimate of drug-likeness (QED) is 0.414. The van der Waals surface area contributed by atoms with Gasteiger partial charge in [0.1, 0.15) is 5.75 Å². The molecule has 6 rings (SSSR count). The highest BCUT2D eigenvalue weighted by molar-refractivity contribution is 5.99. The third-order valence-electron chi connectivity index (χ3n) is 7.08. The molecule has 3 heterocycles. The van der Waals surface area contributed by atoms with Crippen LogP contribution >= 0.6 is 0 Å². The number of methoxy groups -OCH3 is 1. The maximum Gasteiger partial charge on any atom is 0.331 e. The Labute approximate surface area is 207 Å². The third-order valence-corrected chi connectivity index (χ3v) is 7.08. The van der Waals surface area contributed by atoms with Gasteiger partial charge in [-0.3, -0.25) is 13.9 Å². The molecule has 180 valence electrons. The maximum absolute atomic E-state index is 13.7.